The van der Waals surface area contributed by atoms with Gasteiger partial charge in [0.25, 0.3) is 0 Å². The van der Waals surface area contributed by atoms with Crippen LogP contribution in [0.4, 0.5) is 17.5 Å². The number of anilines is 3. The molecular formula is C14H14N4O. The SMILES string of the molecule is C#Cc1cnc(NC)nc1Nc1ccc(OC)cc1. The summed E-state index contributed by atoms with van der Waals surface area (Å²) in [6.07, 6.45) is 7.03. The van der Waals surface area contributed by atoms with E-state index in [-0.39, 0.29) is 0 Å². The van der Waals surface area contributed by atoms with Crippen LogP contribution in [0.5, 0.6) is 5.75 Å². The van der Waals surface area contributed by atoms with Crippen molar-refractivity contribution in [1.82, 2.24) is 9.97 Å². The second kappa shape index (κ2) is 5.74. The van der Waals surface area contributed by atoms with Crippen LogP contribution in [-0.4, -0.2) is 24.1 Å². The first-order chi connectivity index (χ1) is 9.26. The van der Waals surface area contributed by atoms with Crippen LogP contribution in [0.25, 0.3) is 0 Å². The van der Waals surface area contributed by atoms with E-state index in [2.05, 4.69) is 26.5 Å². The molecule has 2 rings (SSSR count). The summed E-state index contributed by atoms with van der Waals surface area (Å²) in [6.45, 7) is 0. The lowest BCUT2D eigenvalue weighted by atomic mass is 10.2. The molecule has 0 aliphatic heterocycles. The molecule has 1 heterocycles. The number of nitrogens with one attached hydrogen (secondary N) is 2. The first-order valence-electron chi connectivity index (χ1n) is 5.69. The molecule has 0 unspecified atom stereocenters. The van der Waals surface area contributed by atoms with Gasteiger partial charge in [0.1, 0.15) is 5.75 Å². The molecule has 0 saturated heterocycles. The Morgan fingerprint density at radius 2 is 2.00 bits per heavy atom. The number of benzene rings is 1. The number of rotatable bonds is 4. The fourth-order valence-electron chi connectivity index (χ4n) is 1.51. The lowest BCUT2D eigenvalue weighted by Crippen LogP contribution is -2.02. The van der Waals surface area contributed by atoms with E-state index in [9.17, 15) is 0 Å². The monoisotopic (exact) mass is 254 g/mol. The minimum atomic E-state index is 0.509. The maximum absolute atomic E-state index is 5.43. The molecule has 0 aliphatic carbocycles. The molecule has 19 heavy (non-hydrogen) atoms. The van der Waals surface area contributed by atoms with E-state index in [4.69, 9.17) is 11.2 Å². The number of hydrogen-bond donors (Lipinski definition) is 2. The highest BCUT2D eigenvalue weighted by Crippen LogP contribution is 2.21. The third-order valence-corrected chi connectivity index (χ3v) is 2.52. The van der Waals surface area contributed by atoms with Gasteiger partial charge in [0, 0.05) is 12.7 Å². The van der Waals surface area contributed by atoms with E-state index in [0.29, 0.717) is 17.3 Å². The Morgan fingerprint density at radius 3 is 2.58 bits per heavy atom. The predicted octanol–water partition coefficient (Wildman–Crippen LogP) is 2.25. The molecule has 1 aromatic carbocycles. The van der Waals surface area contributed by atoms with Crippen LogP contribution in [0.3, 0.4) is 0 Å². The van der Waals surface area contributed by atoms with Crippen LogP contribution in [0.1, 0.15) is 5.56 Å². The molecule has 5 heteroatoms. The van der Waals surface area contributed by atoms with Crippen molar-refractivity contribution >= 4 is 17.5 Å². The maximum atomic E-state index is 5.43. The second-order valence-electron chi connectivity index (χ2n) is 3.70. The highest BCUT2D eigenvalue weighted by atomic mass is 16.5. The summed E-state index contributed by atoms with van der Waals surface area (Å²) in [5.74, 6) is 4.44. The zero-order chi connectivity index (χ0) is 13.7. The van der Waals surface area contributed by atoms with Crippen LogP contribution in [-0.2, 0) is 0 Å². The smallest absolute Gasteiger partial charge is 0.224 e. The average Bonchev–Trinajstić information content (AvgIpc) is 2.48. The Bertz CT molecular complexity index is 602. The van der Waals surface area contributed by atoms with Gasteiger partial charge in [-0.3, -0.25) is 0 Å². The molecule has 0 amide bonds. The summed E-state index contributed by atoms with van der Waals surface area (Å²) in [5.41, 5.74) is 1.48. The molecule has 5 nitrogen and oxygen atoms in total. The quantitative estimate of drug-likeness (QED) is 0.819. The first kappa shape index (κ1) is 12.7. The number of ether oxygens (including phenoxy) is 1. The van der Waals surface area contributed by atoms with Gasteiger partial charge in [-0.25, -0.2) is 4.98 Å². The van der Waals surface area contributed by atoms with Gasteiger partial charge in [0.05, 0.1) is 18.9 Å². The number of terminal acetylenes is 1. The fraction of sp³-hybridized carbons (Fsp3) is 0.143. The molecule has 0 fully saturated rings. The van der Waals surface area contributed by atoms with Gasteiger partial charge < -0.3 is 15.4 Å². The van der Waals surface area contributed by atoms with Crippen LogP contribution in [0, 0.1) is 12.3 Å². The zero-order valence-corrected chi connectivity index (χ0v) is 10.8. The molecule has 0 spiro atoms. The molecule has 2 N–H and O–H groups in total. The summed E-state index contributed by atoms with van der Waals surface area (Å²) < 4.78 is 5.11. The minimum Gasteiger partial charge on any atom is -0.497 e. The summed E-state index contributed by atoms with van der Waals surface area (Å²) in [6, 6.07) is 7.50. The van der Waals surface area contributed by atoms with Crippen LogP contribution >= 0.6 is 0 Å². The Kier molecular flexibility index (Phi) is 3.84. The number of hydrogen-bond acceptors (Lipinski definition) is 5. The third kappa shape index (κ3) is 2.93. The summed E-state index contributed by atoms with van der Waals surface area (Å²) in [5, 5.41) is 6.03. The lowest BCUT2D eigenvalue weighted by molar-refractivity contribution is 0.415. The molecule has 0 bridgehead atoms. The highest BCUT2D eigenvalue weighted by molar-refractivity contribution is 5.64. The van der Waals surface area contributed by atoms with Gasteiger partial charge in [0.15, 0.2) is 5.82 Å². The molecule has 96 valence electrons. The van der Waals surface area contributed by atoms with E-state index >= 15 is 0 Å². The molecule has 2 aromatic rings. The summed E-state index contributed by atoms with van der Waals surface area (Å²) >= 11 is 0. The van der Waals surface area contributed by atoms with Gasteiger partial charge in [-0.05, 0) is 24.3 Å². The van der Waals surface area contributed by atoms with E-state index in [1.807, 2.05) is 24.3 Å². The van der Waals surface area contributed by atoms with E-state index in [1.54, 1.807) is 20.4 Å². The Hall–Kier alpha value is -2.74. The van der Waals surface area contributed by atoms with Gasteiger partial charge in [0.2, 0.25) is 5.95 Å². The Labute approximate surface area is 112 Å². The Balaban J connectivity index is 2.28. The highest BCUT2D eigenvalue weighted by Gasteiger charge is 2.05. The van der Waals surface area contributed by atoms with Crippen molar-refractivity contribution in [2.45, 2.75) is 0 Å². The minimum absolute atomic E-state index is 0.509. The molecular weight excluding hydrogens is 240 g/mol. The van der Waals surface area contributed by atoms with Gasteiger partial charge in [-0.15, -0.1) is 6.42 Å². The van der Waals surface area contributed by atoms with Crippen molar-refractivity contribution in [2.24, 2.45) is 0 Å². The van der Waals surface area contributed by atoms with Crippen LogP contribution in [0.2, 0.25) is 0 Å². The van der Waals surface area contributed by atoms with E-state index in [0.717, 1.165) is 11.4 Å². The van der Waals surface area contributed by atoms with Gasteiger partial charge >= 0.3 is 0 Å². The molecule has 0 radical (unpaired) electrons. The zero-order valence-electron chi connectivity index (χ0n) is 10.8. The van der Waals surface area contributed by atoms with Crippen molar-refractivity contribution in [3.63, 3.8) is 0 Å². The number of nitrogens with zero attached hydrogens (tertiary/aromatic N) is 2. The molecule has 1 aromatic heterocycles. The lowest BCUT2D eigenvalue weighted by Gasteiger charge is -2.09. The van der Waals surface area contributed by atoms with Gasteiger partial charge in [-0.2, -0.15) is 4.98 Å². The molecule has 0 saturated carbocycles. The predicted molar refractivity (Wildman–Crippen MR) is 75.8 cm³/mol. The van der Waals surface area contributed by atoms with Gasteiger partial charge in [-0.1, -0.05) is 5.92 Å². The van der Waals surface area contributed by atoms with Crippen molar-refractivity contribution < 1.29 is 4.74 Å². The standard InChI is InChI=1S/C14H14N4O/c1-4-10-9-16-14(15-2)18-13(10)17-11-5-7-12(19-3)8-6-11/h1,5-9H,2-3H3,(H2,15,16,17,18). The molecule has 0 atom stereocenters. The molecule has 0 aliphatic rings. The van der Waals surface area contributed by atoms with Crippen LogP contribution in [0.15, 0.2) is 30.5 Å². The number of aromatic nitrogens is 2. The van der Waals surface area contributed by atoms with Crippen molar-refractivity contribution in [3.8, 4) is 18.1 Å². The topological polar surface area (TPSA) is 59.1 Å². The van der Waals surface area contributed by atoms with Crippen molar-refractivity contribution in [2.75, 3.05) is 24.8 Å². The van der Waals surface area contributed by atoms with Crippen LogP contribution < -0.4 is 15.4 Å². The first-order valence-corrected chi connectivity index (χ1v) is 5.69. The number of methoxy groups -OCH3 is 1. The normalized spacial score (nSPS) is 9.53. The largest absolute Gasteiger partial charge is 0.497 e. The van der Waals surface area contributed by atoms with E-state index < -0.39 is 0 Å². The van der Waals surface area contributed by atoms with Crippen molar-refractivity contribution in [1.29, 1.82) is 0 Å². The third-order valence-electron chi connectivity index (χ3n) is 2.52. The van der Waals surface area contributed by atoms with E-state index in [1.165, 1.54) is 0 Å². The maximum Gasteiger partial charge on any atom is 0.224 e. The Morgan fingerprint density at radius 1 is 1.26 bits per heavy atom. The van der Waals surface area contributed by atoms with Crippen molar-refractivity contribution in [3.05, 3.63) is 36.0 Å². The second-order valence-corrected chi connectivity index (χ2v) is 3.70. The summed E-state index contributed by atoms with van der Waals surface area (Å²) in [4.78, 5) is 8.37. The fourth-order valence-corrected chi connectivity index (χ4v) is 1.51. The summed E-state index contributed by atoms with van der Waals surface area (Å²) in [7, 11) is 3.38. The average molecular weight is 254 g/mol.